The number of rotatable bonds is 5. The lowest BCUT2D eigenvalue weighted by Gasteiger charge is -2.16. The molecule has 7 heteroatoms. The van der Waals surface area contributed by atoms with Crippen LogP contribution in [0.3, 0.4) is 0 Å². The number of hydrogen-bond donors (Lipinski definition) is 1. The number of halogens is 1. The Bertz CT molecular complexity index is 796. The highest BCUT2D eigenvalue weighted by Crippen LogP contribution is 2.34. The largest absolute Gasteiger partial charge is 0.481 e. The van der Waals surface area contributed by atoms with Crippen LogP contribution >= 0.6 is 11.6 Å². The second-order valence-corrected chi connectivity index (χ2v) is 7.14. The lowest BCUT2D eigenvalue weighted by Crippen LogP contribution is -2.30. The van der Waals surface area contributed by atoms with Crippen LogP contribution in [0.25, 0.3) is 0 Å². The van der Waals surface area contributed by atoms with Gasteiger partial charge in [-0.15, -0.1) is 0 Å². The first kappa shape index (κ1) is 18.5. The van der Waals surface area contributed by atoms with Crippen LogP contribution in [0.1, 0.15) is 34.9 Å². The summed E-state index contributed by atoms with van der Waals surface area (Å²) in [6, 6.07) is 7.16. The Morgan fingerprint density at radius 2 is 1.96 bits per heavy atom. The summed E-state index contributed by atoms with van der Waals surface area (Å²) in [7, 11) is 0. The predicted molar refractivity (Wildman–Crippen MR) is 96.2 cm³/mol. The van der Waals surface area contributed by atoms with Gasteiger partial charge in [-0.1, -0.05) is 28.9 Å². The smallest absolute Gasteiger partial charge is 0.308 e. The minimum absolute atomic E-state index is 0.0484. The summed E-state index contributed by atoms with van der Waals surface area (Å²) in [4.78, 5) is 25.9. The number of carbonyl (C=O) groups excluding carboxylic acids is 1. The topological polar surface area (TPSA) is 83.6 Å². The number of amides is 1. The lowest BCUT2D eigenvalue weighted by molar-refractivity contribution is -0.141. The minimum atomic E-state index is -0.883. The van der Waals surface area contributed by atoms with Gasteiger partial charge in [0, 0.05) is 36.0 Å². The van der Waals surface area contributed by atoms with Crippen molar-refractivity contribution in [2.45, 2.75) is 32.6 Å². The molecule has 1 aliphatic rings. The molecule has 2 heterocycles. The van der Waals surface area contributed by atoms with Gasteiger partial charge in [0.1, 0.15) is 5.76 Å². The van der Waals surface area contributed by atoms with Crippen molar-refractivity contribution in [1.82, 2.24) is 10.1 Å². The van der Waals surface area contributed by atoms with E-state index in [1.54, 1.807) is 17.0 Å². The summed E-state index contributed by atoms with van der Waals surface area (Å²) >= 11 is 5.92. The monoisotopic (exact) mass is 376 g/mol. The Labute approximate surface area is 156 Å². The van der Waals surface area contributed by atoms with Gasteiger partial charge < -0.3 is 14.5 Å². The van der Waals surface area contributed by atoms with Crippen LogP contribution < -0.4 is 0 Å². The Morgan fingerprint density at radius 3 is 2.54 bits per heavy atom. The molecule has 1 amide bonds. The molecule has 3 rings (SSSR count). The molecule has 1 aromatic carbocycles. The van der Waals surface area contributed by atoms with Crippen LogP contribution in [-0.2, 0) is 16.0 Å². The summed E-state index contributed by atoms with van der Waals surface area (Å²) in [5, 5.41) is 14.1. The molecule has 26 heavy (non-hydrogen) atoms. The van der Waals surface area contributed by atoms with Crippen molar-refractivity contribution in [3.05, 3.63) is 51.9 Å². The number of carboxylic acids is 1. The average Bonchev–Trinajstić information content (AvgIpc) is 3.18. The molecule has 1 aliphatic heterocycles. The molecule has 1 N–H and O–H groups in total. The Hall–Kier alpha value is -2.34. The maximum Gasteiger partial charge on any atom is 0.308 e. The number of carboxylic acid groups (broad SMARTS) is 1. The van der Waals surface area contributed by atoms with Gasteiger partial charge >= 0.3 is 5.97 Å². The highest BCUT2D eigenvalue weighted by Gasteiger charge is 2.40. The SMILES string of the molecule is Cc1noc(C)c1CCC(=O)N1C[C@@H](C(=O)O)[C@H](c2ccc(Cl)cc2)C1. The van der Waals surface area contributed by atoms with Crippen molar-refractivity contribution in [3.8, 4) is 0 Å². The zero-order chi connectivity index (χ0) is 18.8. The molecular weight excluding hydrogens is 356 g/mol. The Balaban J connectivity index is 1.69. The molecule has 6 nitrogen and oxygen atoms in total. The molecule has 2 atom stereocenters. The summed E-state index contributed by atoms with van der Waals surface area (Å²) in [5.41, 5.74) is 2.63. The van der Waals surface area contributed by atoms with Gasteiger partial charge in [0.25, 0.3) is 0 Å². The summed E-state index contributed by atoms with van der Waals surface area (Å²) in [5.74, 6) is -1.05. The number of benzene rings is 1. The van der Waals surface area contributed by atoms with Crippen LogP contribution in [0.2, 0.25) is 5.02 Å². The van der Waals surface area contributed by atoms with Gasteiger partial charge in [0.2, 0.25) is 5.91 Å². The van der Waals surface area contributed by atoms with E-state index in [-0.39, 0.29) is 18.4 Å². The number of aliphatic carboxylic acids is 1. The molecule has 0 aliphatic carbocycles. The van der Waals surface area contributed by atoms with Crippen molar-refractivity contribution in [3.63, 3.8) is 0 Å². The number of aryl methyl sites for hydroxylation is 2. The summed E-state index contributed by atoms with van der Waals surface area (Å²) in [6.45, 7) is 4.30. The zero-order valence-corrected chi connectivity index (χ0v) is 15.5. The van der Waals surface area contributed by atoms with Gasteiger partial charge in [0.15, 0.2) is 0 Å². The van der Waals surface area contributed by atoms with E-state index < -0.39 is 11.9 Å². The highest BCUT2D eigenvalue weighted by atomic mass is 35.5. The van der Waals surface area contributed by atoms with Gasteiger partial charge in [0.05, 0.1) is 11.6 Å². The van der Waals surface area contributed by atoms with Crippen LogP contribution in [0.15, 0.2) is 28.8 Å². The molecule has 0 saturated carbocycles. The van der Waals surface area contributed by atoms with E-state index in [1.807, 2.05) is 26.0 Å². The molecule has 1 saturated heterocycles. The zero-order valence-electron chi connectivity index (χ0n) is 14.7. The fourth-order valence-electron chi connectivity index (χ4n) is 3.55. The first-order valence-corrected chi connectivity index (χ1v) is 8.92. The number of nitrogens with zero attached hydrogens (tertiary/aromatic N) is 2. The second-order valence-electron chi connectivity index (χ2n) is 6.70. The van der Waals surface area contributed by atoms with Gasteiger partial charge in [-0.2, -0.15) is 0 Å². The lowest BCUT2D eigenvalue weighted by atomic mass is 9.89. The molecule has 1 aromatic heterocycles. The third kappa shape index (κ3) is 3.75. The van der Waals surface area contributed by atoms with Gasteiger partial charge in [-0.05, 0) is 38.0 Å². The van der Waals surface area contributed by atoms with Crippen LogP contribution in [0.5, 0.6) is 0 Å². The van der Waals surface area contributed by atoms with E-state index in [0.29, 0.717) is 24.4 Å². The van der Waals surface area contributed by atoms with E-state index in [9.17, 15) is 14.7 Å². The number of aromatic nitrogens is 1. The van der Waals surface area contributed by atoms with Gasteiger partial charge in [-0.25, -0.2) is 0 Å². The van der Waals surface area contributed by atoms with Crippen molar-refractivity contribution in [2.24, 2.45) is 5.92 Å². The fourth-order valence-corrected chi connectivity index (χ4v) is 3.68. The third-order valence-corrected chi connectivity index (χ3v) is 5.31. The van der Waals surface area contributed by atoms with E-state index >= 15 is 0 Å². The van der Waals surface area contributed by atoms with Crippen LogP contribution in [0.4, 0.5) is 0 Å². The van der Waals surface area contributed by atoms with Crippen molar-refractivity contribution in [2.75, 3.05) is 13.1 Å². The normalized spacial score (nSPS) is 19.7. The molecule has 0 unspecified atom stereocenters. The average molecular weight is 377 g/mol. The first-order chi connectivity index (χ1) is 12.4. The maximum atomic E-state index is 12.6. The molecule has 0 spiro atoms. The summed E-state index contributed by atoms with van der Waals surface area (Å²) in [6.07, 6.45) is 0.850. The molecular formula is C19H21ClN2O4. The maximum absolute atomic E-state index is 12.6. The van der Waals surface area contributed by atoms with Crippen LogP contribution in [0, 0.1) is 19.8 Å². The molecule has 0 bridgehead atoms. The predicted octanol–water partition coefficient (Wildman–Crippen LogP) is 3.20. The van der Waals surface area contributed by atoms with Crippen molar-refractivity contribution >= 4 is 23.5 Å². The van der Waals surface area contributed by atoms with E-state index in [0.717, 1.165) is 22.6 Å². The van der Waals surface area contributed by atoms with E-state index in [1.165, 1.54) is 0 Å². The van der Waals surface area contributed by atoms with Crippen LogP contribution in [-0.4, -0.2) is 40.1 Å². The summed E-state index contributed by atoms with van der Waals surface area (Å²) < 4.78 is 5.12. The number of carbonyl (C=O) groups is 2. The Kier molecular flexibility index (Phi) is 5.32. The molecule has 1 fully saturated rings. The van der Waals surface area contributed by atoms with E-state index in [4.69, 9.17) is 16.1 Å². The second kappa shape index (κ2) is 7.50. The standard InChI is InChI=1S/C19H21ClN2O4/c1-11-15(12(2)26-21-11)7-8-18(23)22-9-16(17(10-22)19(24)25)13-3-5-14(20)6-4-13/h3-6,16-17H,7-10H2,1-2H3,(H,24,25)/t16-,17+/m0/s1. The first-order valence-electron chi connectivity index (χ1n) is 8.54. The quantitative estimate of drug-likeness (QED) is 0.866. The molecule has 0 radical (unpaired) electrons. The minimum Gasteiger partial charge on any atom is -0.481 e. The fraction of sp³-hybridized carbons (Fsp3) is 0.421. The van der Waals surface area contributed by atoms with E-state index in [2.05, 4.69) is 5.16 Å². The van der Waals surface area contributed by atoms with Crippen molar-refractivity contribution < 1.29 is 19.2 Å². The Morgan fingerprint density at radius 1 is 1.27 bits per heavy atom. The number of hydrogen-bond acceptors (Lipinski definition) is 4. The molecule has 2 aromatic rings. The van der Waals surface area contributed by atoms with Crippen molar-refractivity contribution in [1.29, 1.82) is 0 Å². The molecule has 138 valence electrons. The highest BCUT2D eigenvalue weighted by molar-refractivity contribution is 6.30. The number of likely N-dealkylation sites (tertiary alicyclic amines) is 1. The van der Waals surface area contributed by atoms with Gasteiger partial charge in [-0.3, -0.25) is 9.59 Å². The third-order valence-electron chi connectivity index (χ3n) is 5.06.